The van der Waals surface area contributed by atoms with Gasteiger partial charge in [0, 0.05) is 29.6 Å². The molecule has 11 heteroatoms. The van der Waals surface area contributed by atoms with Gasteiger partial charge in [-0.1, -0.05) is 22.8 Å². The minimum atomic E-state index is -3.83. The number of thiophene rings is 1. The van der Waals surface area contributed by atoms with Crippen LogP contribution in [-0.4, -0.2) is 44.0 Å². The van der Waals surface area contributed by atoms with E-state index in [-0.39, 0.29) is 35.6 Å². The molecule has 0 bridgehead atoms. The number of nitrogens with zero attached hydrogens (tertiary/aromatic N) is 2. The number of piperidine rings is 1. The lowest BCUT2D eigenvalue weighted by Crippen LogP contribution is -2.41. The smallest absolute Gasteiger partial charge is 0.248 e. The van der Waals surface area contributed by atoms with Crippen LogP contribution in [0.15, 0.2) is 45.1 Å². The number of nitrogens with one attached hydrogen (secondary N) is 1. The predicted molar refractivity (Wildman–Crippen MR) is 133 cm³/mol. The molecule has 0 radical (unpaired) electrons. The number of carbonyl (C=O) groups excluding carboxylic acids is 1. The highest BCUT2D eigenvalue weighted by atomic mass is 35.5. The van der Waals surface area contributed by atoms with Crippen LogP contribution in [0.5, 0.6) is 5.75 Å². The van der Waals surface area contributed by atoms with Crippen molar-refractivity contribution in [1.29, 1.82) is 0 Å². The van der Waals surface area contributed by atoms with Gasteiger partial charge >= 0.3 is 0 Å². The number of carbonyl (C=O) groups is 1. The molecular formula is C23H24ClN3O5S2. The largest absolute Gasteiger partial charge is 0.495 e. The number of aryl methyl sites for hydroxylation is 1. The average molecular weight is 522 g/mol. The number of amides is 1. The monoisotopic (exact) mass is 521 g/mol. The summed E-state index contributed by atoms with van der Waals surface area (Å²) in [7, 11) is -2.31. The molecule has 1 fully saturated rings. The van der Waals surface area contributed by atoms with E-state index in [1.165, 1.54) is 22.8 Å². The van der Waals surface area contributed by atoms with Crippen LogP contribution in [0, 0.1) is 12.8 Å². The number of rotatable bonds is 7. The summed E-state index contributed by atoms with van der Waals surface area (Å²) >= 11 is 7.66. The Hall–Kier alpha value is -2.66. The summed E-state index contributed by atoms with van der Waals surface area (Å²) in [6.45, 7) is 2.06. The van der Waals surface area contributed by atoms with Crippen LogP contribution < -0.4 is 10.1 Å². The molecule has 1 aliphatic heterocycles. The van der Waals surface area contributed by atoms with E-state index in [2.05, 4.69) is 10.5 Å². The van der Waals surface area contributed by atoms with Crippen molar-refractivity contribution < 1.29 is 22.5 Å². The molecule has 1 aromatic carbocycles. The van der Waals surface area contributed by atoms with E-state index < -0.39 is 10.0 Å². The van der Waals surface area contributed by atoms with E-state index in [1.807, 2.05) is 17.5 Å². The summed E-state index contributed by atoms with van der Waals surface area (Å²) in [6.07, 6.45) is 4.23. The fourth-order valence-electron chi connectivity index (χ4n) is 3.82. The second-order valence-corrected chi connectivity index (χ2v) is 11.1. The first kappa shape index (κ1) is 24.5. The van der Waals surface area contributed by atoms with E-state index in [9.17, 15) is 13.2 Å². The van der Waals surface area contributed by atoms with Crippen LogP contribution in [0.1, 0.15) is 29.2 Å². The molecule has 1 N–H and O–H groups in total. The maximum absolute atomic E-state index is 13.4. The second-order valence-electron chi connectivity index (χ2n) is 7.83. The van der Waals surface area contributed by atoms with Crippen LogP contribution in [0.25, 0.3) is 12.2 Å². The molecule has 34 heavy (non-hydrogen) atoms. The van der Waals surface area contributed by atoms with Crippen molar-refractivity contribution in [3.8, 4) is 5.75 Å². The van der Waals surface area contributed by atoms with Crippen molar-refractivity contribution in [2.75, 3.05) is 25.5 Å². The summed E-state index contributed by atoms with van der Waals surface area (Å²) in [4.78, 5) is 13.8. The van der Waals surface area contributed by atoms with Crippen LogP contribution in [0.3, 0.4) is 0 Å². The van der Waals surface area contributed by atoms with E-state index in [0.717, 1.165) is 4.88 Å². The van der Waals surface area contributed by atoms with Crippen molar-refractivity contribution in [3.05, 3.63) is 57.1 Å². The van der Waals surface area contributed by atoms with Gasteiger partial charge in [0.15, 0.2) is 10.7 Å². The van der Waals surface area contributed by atoms with Gasteiger partial charge in [-0.2, -0.15) is 4.31 Å². The minimum Gasteiger partial charge on any atom is -0.495 e. The van der Waals surface area contributed by atoms with Crippen molar-refractivity contribution >= 4 is 56.7 Å². The van der Waals surface area contributed by atoms with Gasteiger partial charge in [-0.3, -0.25) is 4.79 Å². The highest BCUT2D eigenvalue weighted by Gasteiger charge is 2.36. The molecule has 1 aliphatic rings. The first-order valence-electron chi connectivity index (χ1n) is 10.6. The molecule has 2 aromatic heterocycles. The minimum absolute atomic E-state index is 0.0658. The topological polar surface area (TPSA) is 102 Å². The summed E-state index contributed by atoms with van der Waals surface area (Å²) in [5, 5.41) is 9.06. The third-order valence-corrected chi connectivity index (χ3v) is 8.81. The maximum atomic E-state index is 13.4. The number of ether oxygens (including phenoxy) is 1. The molecule has 0 unspecified atom stereocenters. The van der Waals surface area contributed by atoms with Gasteiger partial charge in [0.25, 0.3) is 0 Å². The number of methoxy groups -OCH3 is 1. The van der Waals surface area contributed by atoms with Gasteiger partial charge < -0.3 is 14.6 Å². The third-order valence-electron chi connectivity index (χ3n) is 5.62. The highest BCUT2D eigenvalue weighted by Crippen LogP contribution is 2.31. The molecule has 1 amide bonds. The van der Waals surface area contributed by atoms with Crippen molar-refractivity contribution in [1.82, 2.24) is 9.46 Å². The molecule has 0 saturated carbocycles. The number of halogens is 1. The van der Waals surface area contributed by atoms with Crippen LogP contribution in [0.2, 0.25) is 5.02 Å². The Morgan fingerprint density at radius 2 is 2.06 bits per heavy atom. The first-order valence-corrected chi connectivity index (χ1v) is 13.3. The molecule has 0 aliphatic carbocycles. The number of hydrogen-bond acceptors (Lipinski definition) is 7. The number of sulfonamides is 1. The lowest BCUT2D eigenvalue weighted by molar-refractivity contribution is -0.120. The molecule has 1 saturated heterocycles. The van der Waals surface area contributed by atoms with Gasteiger partial charge in [-0.15, -0.1) is 11.3 Å². The average Bonchev–Trinajstić information content (AvgIpc) is 3.47. The molecular weight excluding hydrogens is 498 g/mol. The van der Waals surface area contributed by atoms with E-state index in [1.54, 1.807) is 37.3 Å². The highest BCUT2D eigenvalue weighted by molar-refractivity contribution is 7.89. The van der Waals surface area contributed by atoms with Crippen molar-refractivity contribution in [3.63, 3.8) is 0 Å². The van der Waals surface area contributed by atoms with Crippen LogP contribution >= 0.6 is 22.9 Å². The normalized spacial score (nSPS) is 15.6. The number of benzene rings is 1. The Kier molecular flexibility index (Phi) is 7.42. The molecule has 0 spiro atoms. The van der Waals surface area contributed by atoms with Gasteiger partial charge in [-0.05, 0) is 61.6 Å². The number of anilines is 1. The molecule has 3 heterocycles. The van der Waals surface area contributed by atoms with Gasteiger partial charge in [0.2, 0.25) is 15.9 Å². The zero-order chi connectivity index (χ0) is 24.3. The molecule has 4 rings (SSSR count). The maximum Gasteiger partial charge on any atom is 0.248 e. The van der Waals surface area contributed by atoms with Crippen LogP contribution in [-0.2, 0) is 14.8 Å². The first-order chi connectivity index (χ1) is 16.3. The van der Waals surface area contributed by atoms with Crippen molar-refractivity contribution in [2.24, 2.45) is 5.92 Å². The van der Waals surface area contributed by atoms with E-state index >= 15 is 0 Å². The fourth-order valence-corrected chi connectivity index (χ4v) is 6.41. The predicted octanol–water partition coefficient (Wildman–Crippen LogP) is 4.92. The Balaban J connectivity index is 1.42. The zero-order valence-corrected chi connectivity index (χ0v) is 21.0. The zero-order valence-electron chi connectivity index (χ0n) is 18.7. The summed E-state index contributed by atoms with van der Waals surface area (Å²) in [5.41, 5.74) is 0.871. The van der Waals surface area contributed by atoms with Gasteiger partial charge in [0.05, 0.1) is 12.1 Å². The van der Waals surface area contributed by atoms with E-state index in [0.29, 0.717) is 35.0 Å². The summed E-state index contributed by atoms with van der Waals surface area (Å²) < 4.78 is 38.6. The molecule has 8 nitrogen and oxygen atoms in total. The second kappa shape index (κ2) is 10.3. The Labute approximate surface area is 207 Å². The molecule has 180 valence electrons. The summed E-state index contributed by atoms with van der Waals surface area (Å²) in [6, 6.07) is 8.85. The Bertz CT molecular complexity index is 1290. The third kappa shape index (κ3) is 5.20. The lowest BCUT2D eigenvalue weighted by atomic mass is 9.97. The molecule has 0 atom stereocenters. The number of hydrogen-bond donors (Lipinski definition) is 1. The Morgan fingerprint density at radius 1 is 1.29 bits per heavy atom. The van der Waals surface area contributed by atoms with Gasteiger partial charge in [0.1, 0.15) is 11.4 Å². The Morgan fingerprint density at radius 3 is 2.71 bits per heavy atom. The summed E-state index contributed by atoms with van der Waals surface area (Å²) in [5.74, 6) is 0.238. The van der Waals surface area contributed by atoms with Crippen molar-refractivity contribution in [2.45, 2.75) is 24.7 Å². The molecule has 3 aromatic rings. The lowest BCUT2D eigenvalue weighted by Gasteiger charge is -2.30. The number of aromatic nitrogens is 1. The fraction of sp³-hybridized carbons (Fsp3) is 0.304. The van der Waals surface area contributed by atoms with Gasteiger partial charge in [-0.25, -0.2) is 8.42 Å². The standard InChI is InChI=1S/C23H24ClN3O5S2/c1-15-22(21(32-26-15)8-6-18-4-3-13-33-18)34(29,30)27-11-9-16(10-12-27)23(28)25-17-5-7-20(31-2)19(24)14-17/h3-8,13-14,16H,9-12H2,1-2H3,(H,25,28)/b8-6+. The van der Waals surface area contributed by atoms with Crippen LogP contribution in [0.4, 0.5) is 5.69 Å². The van der Waals surface area contributed by atoms with E-state index in [4.69, 9.17) is 20.9 Å². The SMILES string of the molecule is COc1ccc(NC(=O)C2CCN(S(=O)(=O)c3c(C)noc3/C=C/c3cccs3)CC2)cc1Cl. The quantitative estimate of drug-likeness (QED) is 0.473.